The van der Waals surface area contributed by atoms with Crippen molar-refractivity contribution in [2.45, 2.75) is 0 Å². The van der Waals surface area contributed by atoms with Gasteiger partial charge in [0.25, 0.3) is 0 Å². The number of isothiocyanates is 1. The molecule has 0 atom stereocenters. The highest BCUT2D eigenvalue weighted by atomic mass is 32.1. The minimum Gasteiger partial charge on any atom is -0.423 e. The summed E-state index contributed by atoms with van der Waals surface area (Å²) in [6.07, 6.45) is 0. The summed E-state index contributed by atoms with van der Waals surface area (Å²) in [4.78, 5) is 3.69. The molecule has 1 aromatic carbocycles. The van der Waals surface area contributed by atoms with Crippen molar-refractivity contribution in [3.8, 4) is 0 Å². The maximum atomic E-state index is 8.78. The van der Waals surface area contributed by atoms with E-state index in [4.69, 9.17) is 10.0 Å². The summed E-state index contributed by atoms with van der Waals surface area (Å²) in [5.41, 5.74) is 0.956. The highest BCUT2D eigenvalue weighted by Crippen LogP contribution is 2.06. The first-order valence-corrected chi connectivity index (χ1v) is 3.69. The first-order chi connectivity index (χ1) is 5.74. The van der Waals surface area contributed by atoms with Gasteiger partial charge >= 0.3 is 7.12 Å². The van der Waals surface area contributed by atoms with Gasteiger partial charge in [0, 0.05) is 0 Å². The van der Waals surface area contributed by atoms with Gasteiger partial charge in [-0.25, -0.2) is 0 Å². The van der Waals surface area contributed by atoms with Crippen LogP contribution in [0.25, 0.3) is 0 Å². The van der Waals surface area contributed by atoms with Crippen LogP contribution in [0, 0.1) is 0 Å². The van der Waals surface area contributed by atoms with Crippen LogP contribution in [0.4, 0.5) is 5.69 Å². The Morgan fingerprint density at radius 3 is 2.75 bits per heavy atom. The van der Waals surface area contributed by atoms with Gasteiger partial charge in [-0.05, 0) is 29.8 Å². The second-order valence-corrected chi connectivity index (χ2v) is 2.35. The average Bonchev–Trinajstić information content (AvgIpc) is 2.05. The van der Waals surface area contributed by atoms with Crippen molar-refractivity contribution in [2.75, 3.05) is 0 Å². The van der Waals surface area contributed by atoms with Crippen LogP contribution >= 0.6 is 12.2 Å². The first kappa shape index (κ1) is 9.10. The number of benzene rings is 1. The van der Waals surface area contributed by atoms with Crippen molar-refractivity contribution in [1.82, 2.24) is 0 Å². The van der Waals surface area contributed by atoms with E-state index < -0.39 is 7.12 Å². The van der Waals surface area contributed by atoms with E-state index in [9.17, 15) is 0 Å². The third-order valence-electron chi connectivity index (χ3n) is 1.34. The molecule has 0 aliphatic rings. The van der Waals surface area contributed by atoms with E-state index in [-0.39, 0.29) is 0 Å². The van der Waals surface area contributed by atoms with Crippen LogP contribution in [-0.4, -0.2) is 22.3 Å². The zero-order chi connectivity index (χ0) is 8.97. The maximum Gasteiger partial charge on any atom is 0.488 e. The fourth-order valence-corrected chi connectivity index (χ4v) is 0.913. The lowest BCUT2D eigenvalue weighted by molar-refractivity contribution is 0.426. The molecule has 60 valence electrons. The molecule has 5 heteroatoms. The minimum atomic E-state index is -1.47. The Bertz CT molecular complexity index is 323. The molecule has 0 aliphatic carbocycles. The Labute approximate surface area is 75.5 Å². The van der Waals surface area contributed by atoms with Crippen LogP contribution in [0.15, 0.2) is 29.3 Å². The van der Waals surface area contributed by atoms with E-state index in [2.05, 4.69) is 22.4 Å². The average molecular weight is 179 g/mol. The number of nitrogens with zero attached hydrogens (tertiary/aromatic N) is 1. The van der Waals surface area contributed by atoms with Gasteiger partial charge in [0.1, 0.15) is 0 Å². The SMILES string of the molecule is OB(O)c1cccc(N=C=S)c1. The van der Waals surface area contributed by atoms with Gasteiger partial charge in [0.2, 0.25) is 0 Å². The molecule has 3 nitrogen and oxygen atoms in total. The second kappa shape index (κ2) is 4.14. The lowest BCUT2D eigenvalue weighted by Gasteiger charge is -1.98. The molecule has 2 N–H and O–H groups in total. The van der Waals surface area contributed by atoms with E-state index in [0.717, 1.165) is 0 Å². The van der Waals surface area contributed by atoms with Gasteiger partial charge in [-0.3, -0.25) is 0 Å². The first-order valence-electron chi connectivity index (χ1n) is 3.28. The maximum absolute atomic E-state index is 8.78. The fourth-order valence-electron chi connectivity index (χ4n) is 0.808. The summed E-state index contributed by atoms with van der Waals surface area (Å²) < 4.78 is 0. The molecule has 0 aliphatic heterocycles. The van der Waals surface area contributed by atoms with E-state index in [1.807, 2.05) is 0 Å². The molecule has 0 aromatic heterocycles. The minimum absolute atomic E-state index is 0.390. The van der Waals surface area contributed by atoms with Crippen molar-refractivity contribution in [2.24, 2.45) is 4.99 Å². The van der Waals surface area contributed by atoms with E-state index in [1.54, 1.807) is 18.2 Å². The number of rotatable bonds is 2. The molecule has 1 aromatic rings. The lowest BCUT2D eigenvalue weighted by Crippen LogP contribution is -2.29. The van der Waals surface area contributed by atoms with Crippen LogP contribution in [0.2, 0.25) is 0 Å². The number of thiocarbonyl (C=S) groups is 1. The highest BCUT2D eigenvalue weighted by molar-refractivity contribution is 7.78. The molecule has 0 fully saturated rings. The normalized spacial score (nSPS) is 8.83. The Kier molecular flexibility index (Phi) is 3.14. The van der Waals surface area contributed by atoms with Crippen LogP contribution in [0.3, 0.4) is 0 Å². The molecule has 0 saturated heterocycles. The third-order valence-corrected chi connectivity index (χ3v) is 1.43. The predicted molar refractivity (Wildman–Crippen MR) is 51.0 cm³/mol. The zero-order valence-electron chi connectivity index (χ0n) is 6.14. The van der Waals surface area contributed by atoms with Crippen LogP contribution in [0.5, 0.6) is 0 Å². The summed E-state index contributed by atoms with van der Waals surface area (Å²) in [6.45, 7) is 0. The molecular weight excluding hydrogens is 173 g/mol. The van der Waals surface area contributed by atoms with Crippen molar-refractivity contribution in [3.05, 3.63) is 24.3 Å². The number of hydrogen-bond donors (Lipinski definition) is 2. The van der Waals surface area contributed by atoms with Gasteiger partial charge in [-0.1, -0.05) is 12.1 Å². The van der Waals surface area contributed by atoms with Crippen molar-refractivity contribution >= 4 is 35.6 Å². The standard InChI is InChI=1S/C7H6BNO2S/c10-8(11)6-2-1-3-7(4-6)9-5-12/h1-4,10-11H. The Morgan fingerprint density at radius 2 is 2.17 bits per heavy atom. The topological polar surface area (TPSA) is 52.8 Å². The summed E-state index contributed by atoms with van der Waals surface area (Å²) in [5, 5.41) is 19.8. The lowest BCUT2D eigenvalue weighted by atomic mass is 9.80. The van der Waals surface area contributed by atoms with Crippen molar-refractivity contribution < 1.29 is 10.0 Å². The summed E-state index contributed by atoms with van der Waals surface area (Å²) >= 11 is 4.40. The molecule has 0 amide bonds. The van der Waals surface area contributed by atoms with E-state index in [1.165, 1.54) is 6.07 Å². The van der Waals surface area contributed by atoms with Crippen LogP contribution < -0.4 is 5.46 Å². The molecule has 0 radical (unpaired) electrons. The van der Waals surface area contributed by atoms with Crippen molar-refractivity contribution in [3.63, 3.8) is 0 Å². The highest BCUT2D eigenvalue weighted by Gasteiger charge is 2.09. The zero-order valence-corrected chi connectivity index (χ0v) is 6.95. The molecule has 0 unspecified atom stereocenters. The Morgan fingerprint density at radius 1 is 1.42 bits per heavy atom. The van der Waals surface area contributed by atoms with Gasteiger partial charge in [0.15, 0.2) is 0 Å². The molecule has 0 heterocycles. The second-order valence-electron chi connectivity index (χ2n) is 2.17. The van der Waals surface area contributed by atoms with Crippen molar-refractivity contribution in [1.29, 1.82) is 0 Å². The summed E-state index contributed by atoms with van der Waals surface area (Å²) in [7, 11) is -1.47. The fraction of sp³-hybridized carbons (Fsp3) is 0. The quantitative estimate of drug-likeness (QED) is 0.384. The largest absolute Gasteiger partial charge is 0.488 e. The van der Waals surface area contributed by atoms with Gasteiger partial charge in [-0.15, -0.1) is 0 Å². The third kappa shape index (κ3) is 2.25. The van der Waals surface area contributed by atoms with Gasteiger partial charge in [0.05, 0.1) is 10.8 Å². The van der Waals surface area contributed by atoms with Gasteiger partial charge in [-0.2, -0.15) is 4.99 Å². The summed E-state index contributed by atoms with van der Waals surface area (Å²) in [6, 6.07) is 6.49. The van der Waals surface area contributed by atoms with Crippen LogP contribution in [-0.2, 0) is 0 Å². The predicted octanol–water partition coefficient (Wildman–Crippen LogP) is 0.101. The van der Waals surface area contributed by atoms with E-state index >= 15 is 0 Å². The Hall–Kier alpha value is -0.995. The molecular formula is C7H6BNO2S. The molecule has 0 spiro atoms. The van der Waals surface area contributed by atoms with E-state index in [0.29, 0.717) is 11.2 Å². The summed E-state index contributed by atoms with van der Waals surface area (Å²) in [5.74, 6) is 0. The van der Waals surface area contributed by atoms with Crippen LogP contribution in [0.1, 0.15) is 0 Å². The molecule has 0 bridgehead atoms. The number of hydrogen-bond acceptors (Lipinski definition) is 4. The smallest absolute Gasteiger partial charge is 0.423 e. The molecule has 1 rings (SSSR count). The number of aliphatic imine (C=N–C) groups is 1. The molecule has 0 saturated carbocycles. The molecule has 12 heavy (non-hydrogen) atoms. The Balaban J connectivity index is 3.03. The monoisotopic (exact) mass is 179 g/mol. The van der Waals surface area contributed by atoms with Gasteiger partial charge < -0.3 is 10.0 Å².